The Morgan fingerprint density at radius 3 is 2.48 bits per heavy atom. The summed E-state index contributed by atoms with van der Waals surface area (Å²) in [5.74, 6) is 0. The van der Waals surface area contributed by atoms with E-state index in [1.54, 1.807) is 16.5 Å². The Hall–Kier alpha value is -1.34. The van der Waals surface area contributed by atoms with Gasteiger partial charge in [-0.1, -0.05) is 58.0 Å². The molecule has 1 nitrogen and oxygen atoms in total. The van der Waals surface area contributed by atoms with Gasteiger partial charge in [-0.15, -0.1) is 0 Å². The fraction of sp³-hybridized carbons (Fsp3) is 0.500. The fourth-order valence-corrected chi connectivity index (χ4v) is 3.64. The van der Waals surface area contributed by atoms with E-state index in [4.69, 9.17) is 0 Å². The van der Waals surface area contributed by atoms with Crippen molar-refractivity contribution in [1.82, 2.24) is 5.32 Å². The van der Waals surface area contributed by atoms with Crippen molar-refractivity contribution in [2.75, 3.05) is 6.54 Å². The normalized spacial score (nSPS) is 14.3. The zero-order valence-corrected chi connectivity index (χ0v) is 13.8. The molecule has 112 valence electrons. The summed E-state index contributed by atoms with van der Waals surface area (Å²) in [5.41, 5.74) is 4.80. The minimum Gasteiger partial charge on any atom is -0.315 e. The van der Waals surface area contributed by atoms with Gasteiger partial charge in [-0.3, -0.25) is 0 Å². The van der Waals surface area contributed by atoms with Gasteiger partial charge in [0.2, 0.25) is 0 Å². The molecule has 1 aliphatic carbocycles. The lowest BCUT2D eigenvalue weighted by atomic mass is 9.78. The second-order valence-corrected chi connectivity index (χ2v) is 7.35. The Morgan fingerprint density at radius 1 is 1.05 bits per heavy atom. The smallest absolute Gasteiger partial charge is 0.00103 e. The summed E-state index contributed by atoms with van der Waals surface area (Å²) in [5, 5.41) is 6.58. The highest BCUT2D eigenvalue weighted by molar-refractivity contribution is 5.93. The van der Waals surface area contributed by atoms with Crippen molar-refractivity contribution in [3.8, 4) is 0 Å². The predicted octanol–water partition coefficient (Wildman–Crippen LogP) is 4.60. The molecule has 0 unspecified atom stereocenters. The fourth-order valence-electron chi connectivity index (χ4n) is 3.64. The molecule has 0 atom stereocenters. The van der Waals surface area contributed by atoms with Crippen LogP contribution in [0.5, 0.6) is 0 Å². The van der Waals surface area contributed by atoms with Gasteiger partial charge in [0, 0.05) is 6.04 Å². The lowest BCUT2D eigenvalue weighted by Gasteiger charge is -2.28. The van der Waals surface area contributed by atoms with Gasteiger partial charge in [0.15, 0.2) is 0 Å². The molecule has 0 aliphatic heterocycles. The third-order valence-electron chi connectivity index (χ3n) is 4.91. The van der Waals surface area contributed by atoms with Crippen LogP contribution in [0.3, 0.4) is 0 Å². The van der Waals surface area contributed by atoms with Crippen molar-refractivity contribution in [2.45, 2.75) is 58.4 Å². The molecule has 2 aromatic carbocycles. The van der Waals surface area contributed by atoms with Crippen molar-refractivity contribution < 1.29 is 0 Å². The number of hydrogen-bond donors (Lipinski definition) is 1. The van der Waals surface area contributed by atoms with Crippen molar-refractivity contribution in [2.24, 2.45) is 0 Å². The topological polar surface area (TPSA) is 12.0 Å². The zero-order valence-electron chi connectivity index (χ0n) is 13.8. The van der Waals surface area contributed by atoms with Gasteiger partial charge >= 0.3 is 0 Å². The van der Waals surface area contributed by atoms with Crippen LogP contribution < -0.4 is 5.32 Å². The highest BCUT2D eigenvalue weighted by Crippen LogP contribution is 2.38. The first kappa shape index (κ1) is 14.6. The number of nitrogens with one attached hydrogen (secondary N) is 1. The van der Waals surface area contributed by atoms with Crippen LogP contribution in [0.4, 0.5) is 0 Å². The maximum absolute atomic E-state index is 3.55. The van der Waals surface area contributed by atoms with Gasteiger partial charge in [-0.25, -0.2) is 0 Å². The molecular weight excluding hydrogens is 254 g/mol. The van der Waals surface area contributed by atoms with Gasteiger partial charge < -0.3 is 5.32 Å². The van der Waals surface area contributed by atoms with E-state index in [0.717, 1.165) is 6.54 Å². The van der Waals surface area contributed by atoms with E-state index >= 15 is 0 Å². The molecule has 0 heterocycles. The highest BCUT2D eigenvalue weighted by Gasteiger charge is 2.25. The molecule has 1 aliphatic rings. The van der Waals surface area contributed by atoms with Gasteiger partial charge in [0.1, 0.15) is 0 Å². The van der Waals surface area contributed by atoms with Crippen LogP contribution in [0.2, 0.25) is 0 Å². The average Bonchev–Trinajstić information content (AvgIpc) is 2.84. The number of aryl methyl sites for hydroxylation is 2. The van der Waals surface area contributed by atoms with E-state index in [1.807, 2.05) is 0 Å². The Kier molecular flexibility index (Phi) is 3.79. The Balaban J connectivity index is 1.97. The summed E-state index contributed by atoms with van der Waals surface area (Å²) >= 11 is 0. The second kappa shape index (κ2) is 5.46. The largest absolute Gasteiger partial charge is 0.315 e. The standard InChI is InChI=1S/C20H27N/c1-14(2)21-13-12-20(3,4)18-11-10-16-9-8-15-6-5-7-17(18)19(15)16/h5-7,10-11,14,21H,8-9,12-13H2,1-4H3. The quantitative estimate of drug-likeness (QED) is 0.844. The van der Waals surface area contributed by atoms with Crippen LogP contribution in [-0.4, -0.2) is 12.6 Å². The summed E-state index contributed by atoms with van der Waals surface area (Å²) in [6.45, 7) is 10.3. The number of rotatable bonds is 5. The minimum atomic E-state index is 0.210. The summed E-state index contributed by atoms with van der Waals surface area (Å²) < 4.78 is 0. The van der Waals surface area contributed by atoms with E-state index in [1.165, 1.54) is 30.2 Å². The van der Waals surface area contributed by atoms with Crippen molar-refractivity contribution >= 4 is 10.8 Å². The van der Waals surface area contributed by atoms with E-state index in [0.29, 0.717) is 6.04 Å². The van der Waals surface area contributed by atoms with Gasteiger partial charge in [0.05, 0.1) is 0 Å². The van der Waals surface area contributed by atoms with E-state index in [-0.39, 0.29) is 5.41 Å². The third-order valence-corrected chi connectivity index (χ3v) is 4.91. The SMILES string of the molecule is CC(C)NCCC(C)(C)c1ccc2c3c(cccc13)CC2. The Labute approximate surface area is 128 Å². The molecule has 1 N–H and O–H groups in total. The second-order valence-electron chi connectivity index (χ2n) is 7.35. The summed E-state index contributed by atoms with van der Waals surface area (Å²) in [6, 6.07) is 12.2. The first-order valence-corrected chi connectivity index (χ1v) is 8.26. The molecule has 0 spiro atoms. The lowest BCUT2D eigenvalue weighted by molar-refractivity contribution is 0.444. The summed E-state index contributed by atoms with van der Waals surface area (Å²) in [6.07, 6.45) is 3.60. The van der Waals surface area contributed by atoms with Crippen molar-refractivity contribution in [3.05, 3.63) is 47.0 Å². The predicted molar refractivity (Wildman–Crippen MR) is 92.1 cm³/mol. The molecule has 0 aromatic heterocycles. The summed E-state index contributed by atoms with van der Waals surface area (Å²) in [4.78, 5) is 0. The van der Waals surface area contributed by atoms with E-state index < -0.39 is 0 Å². The van der Waals surface area contributed by atoms with E-state index in [9.17, 15) is 0 Å². The Morgan fingerprint density at radius 2 is 1.76 bits per heavy atom. The van der Waals surface area contributed by atoms with Crippen molar-refractivity contribution in [1.29, 1.82) is 0 Å². The molecule has 2 aromatic rings. The number of hydrogen-bond acceptors (Lipinski definition) is 1. The molecule has 0 radical (unpaired) electrons. The van der Waals surface area contributed by atoms with Crippen LogP contribution in [0.25, 0.3) is 10.8 Å². The van der Waals surface area contributed by atoms with Crippen LogP contribution in [-0.2, 0) is 18.3 Å². The molecule has 0 amide bonds. The molecule has 0 bridgehead atoms. The molecule has 0 saturated carbocycles. The monoisotopic (exact) mass is 281 g/mol. The zero-order chi connectivity index (χ0) is 15.0. The van der Waals surface area contributed by atoms with E-state index in [2.05, 4.69) is 63.3 Å². The maximum atomic E-state index is 3.55. The number of benzene rings is 2. The average molecular weight is 281 g/mol. The van der Waals surface area contributed by atoms with Crippen LogP contribution in [0.1, 0.15) is 50.8 Å². The van der Waals surface area contributed by atoms with Crippen LogP contribution in [0, 0.1) is 0 Å². The van der Waals surface area contributed by atoms with Gasteiger partial charge in [-0.2, -0.15) is 0 Å². The molecule has 0 saturated heterocycles. The summed E-state index contributed by atoms with van der Waals surface area (Å²) in [7, 11) is 0. The lowest BCUT2D eigenvalue weighted by Crippen LogP contribution is -2.29. The Bertz CT molecular complexity index is 642. The first-order chi connectivity index (χ1) is 9.99. The highest BCUT2D eigenvalue weighted by atomic mass is 14.9. The third kappa shape index (κ3) is 2.72. The maximum Gasteiger partial charge on any atom is 0.00103 e. The molecule has 3 rings (SSSR count). The molecular formula is C20H27N. The molecule has 21 heavy (non-hydrogen) atoms. The van der Waals surface area contributed by atoms with Gasteiger partial charge in [-0.05, 0) is 58.7 Å². The van der Waals surface area contributed by atoms with Crippen LogP contribution in [0.15, 0.2) is 30.3 Å². The minimum absolute atomic E-state index is 0.210. The molecule has 1 heteroatoms. The van der Waals surface area contributed by atoms with Gasteiger partial charge in [0.25, 0.3) is 0 Å². The van der Waals surface area contributed by atoms with Crippen molar-refractivity contribution in [3.63, 3.8) is 0 Å². The first-order valence-electron chi connectivity index (χ1n) is 8.26. The van der Waals surface area contributed by atoms with Crippen LogP contribution >= 0.6 is 0 Å². The molecule has 0 fully saturated rings.